The summed E-state index contributed by atoms with van der Waals surface area (Å²) in [5.41, 5.74) is -0.520. The predicted molar refractivity (Wildman–Crippen MR) is 126 cm³/mol. The van der Waals surface area contributed by atoms with Crippen molar-refractivity contribution in [2.45, 2.75) is 84.1 Å². The van der Waals surface area contributed by atoms with Crippen molar-refractivity contribution >= 4 is 24.1 Å². The molecule has 5 atom stereocenters. The molecule has 37 heavy (non-hydrogen) atoms. The van der Waals surface area contributed by atoms with Gasteiger partial charge in [-0.25, -0.2) is 0 Å². The zero-order chi connectivity index (χ0) is 28.0. The quantitative estimate of drug-likeness (QED) is 0.435. The van der Waals surface area contributed by atoms with E-state index in [0.29, 0.717) is 57.0 Å². The second-order valence-electron chi connectivity index (χ2n) is 12.3. The number of alkyl halides is 3. The summed E-state index contributed by atoms with van der Waals surface area (Å²) in [7, 11) is 0. The molecule has 9 nitrogen and oxygen atoms in total. The first-order valence-corrected chi connectivity index (χ1v) is 12.5. The largest absolute Gasteiger partial charge is 0.471 e. The Morgan fingerprint density at radius 3 is 2.16 bits per heavy atom. The molecule has 0 aromatic carbocycles. The van der Waals surface area contributed by atoms with Crippen LogP contribution in [0.3, 0.4) is 0 Å². The molecule has 2 saturated carbocycles. The normalized spacial score (nSPS) is 29.3. The van der Waals surface area contributed by atoms with Crippen LogP contribution in [0.15, 0.2) is 0 Å². The smallest absolute Gasteiger partial charge is 0.351 e. The number of hydrogen-bond donors (Lipinski definition) is 3. The summed E-state index contributed by atoms with van der Waals surface area (Å²) in [6.07, 6.45) is -2.07. The van der Waals surface area contributed by atoms with Gasteiger partial charge in [0.25, 0.3) is 0 Å². The highest BCUT2D eigenvalue weighted by molar-refractivity contribution is 5.91. The maximum absolute atomic E-state index is 12.6. The minimum absolute atomic E-state index is 0.0343. The number of carbonyl (C=O) groups is 4. The molecule has 4 fully saturated rings. The summed E-state index contributed by atoms with van der Waals surface area (Å²) >= 11 is 0. The number of nitrogens with zero attached hydrogens (tertiary/aromatic N) is 2. The van der Waals surface area contributed by atoms with Gasteiger partial charge in [-0.15, -0.1) is 0 Å². The van der Waals surface area contributed by atoms with E-state index in [-0.39, 0.29) is 28.7 Å². The Balaban J connectivity index is 0.000000222. The summed E-state index contributed by atoms with van der Waals surface area (Å²) in [5.74, 6) is -1.74. The SMILES string of the molecule is CC1(C(NC(=O)C(F)(F)F)C(=O)N2CC3C(C2)C3(C)C)CC1.CC1(C)CC(CC(C#N)NC=O)C(=O)N1. The molecule has 3 N–H and O–H groups in total. The standard InChI is InChI=1S/C15H21F3N2O2.C10H15N3O2/c1-13(2)8-6-20(7-9(8)13)11(21)10(14(3)4-5-14)19-12(22)15(16,17)18;1-10(2)4-7(9(15)13-10)3-8(5-11)12-6-14/h8-10H,4-7H2,1-3H3,(H,19,22);6-8H,3-4H2,1-2H3,(H,12,14)(H,13,15). The van der Waals surface area contributed by atoms with Crippen LogP contribution in [0.5, 0.6) is 0 Å². The third-order valence-electron chi connectivity index (χ3n) is 8.48. The third kappa shape index (κ3) is 6.36. The molecule has 2 aliphatic heterocycles. The van der Waals surface area contributed by atoms with Crippen LogP contribution >= 0.6 is 0 Å². The van der Waals surface area contributed by atoms with E-state index < -0.39 is 29.6 Å². The molecule has 0 radical (unpaired) electrons. The van der Waals surface area contributed by atoms with E-state index in [0.717, 1.165) is 0 Å². The molecule has 12 heteroatoms. The molecule has 2 heterocycles. The summed E-state index contributed by atoms with van der Waals surface area (Å²) in [4.78, 5) is 47.2. The molecule has 4 amide bonds. The lowest BCUT2D eigenvalue weighted by molar-refractivity contribution is -0.175. The van der Waals surface area contributed by atoms with Gasteiger partial charge in [-0.05, 0) is 62.2 Å². The summed E-state index contributed by atoms with van der Waals surface area (Å²) in [6, 6.07) is 0.311. The first kappa shape index (κ1) is 28.7. The number of piperidine rings is 1. The Kier molecular flexibility index (Phi) is 7.61. The van der Waals surface area contributed by atoms with Crippen LogP contribution in [0.2, 0.25) is 0 Å². The Bertz CT molecular complexity index is 972. The lowest BCUT2D eigenvalue weighted by atomic mass is 9.92. The fourth-order valence-corrected chi connectivity index (χ4v) is 5.64. The van der Waals surface area contributed by atoms with Crippen molar-refractivity contribution in [2.24, 2.45) is 28.6 Å². The topological polar surface area (TPSA) is 131 Å². The van der Waals surface area contributed by atoms with Crippen LogP contribution < -0.4 is 16.0 Å². The molecule has 0 aromatic rings. The number of amides is 4. The van der Waals surface area contributed by atoms with Gasteiger partial charge in [-0.3, -0.25) is 19.2 Å². The first-order chi connectivity index (χ1) is 16.9. The van der Waals surface area contributed by atoms with Gasteiger partial charge >= 0.3 is 12.1 Å². The van der Waals surface area contributed by atoms with Crippen LogP contribution in [-0.2, 0) is 19.2 Å². The molecule has 4 aliphatic rings. The van der Waals surface area contributed by atoms with Gasteiger partial charge in [0, 0.05) is 24.5 Å². The number of likely N-dealkylation sites (tertiary alicyclic amines) is 1. The maximum atomic E-state index is 12.6. The number of fused-ring (bicyclic) bond motifs is 1. The lowest BCUT2D eigenvalue weighted by Gasteiger charge is -2.30. The van der Waals surface area contributed by atoms with Crippen molar-refractivity contribution in [1.29, 1.82) is 5.26 Å². The molecule has 4 rings (SSSR count). The average molecular weight is 528 g/mol. The van der Waals surface area contributed by atoms with E-state index in [1.807, 2.05) is 25.2 Å². The highest BCUT2D eigenvalue weighted by Crippen LogP contribution is 2.62. The average Bonchev–Trinajstić information content (AvgIpc) is 3.47. The Labute approximate surface area is 214 Å². The van der Waals surface area contributed by atoms with Gasteiger partial charge in [-0.1, -0.05) is 20.8 Å². The van der Waals surface area contributed by atoms with Crippen LogP contribution in [0.4, 0.5) is 13.2 Å². The highest BCUT2D eigenvalue weighted by Gasteiger charge is 2.64. The van der Waals surface area contributed by atoms with Crippen LogP contribution in [0.1, 0.15) is 60.3 Å². The minimum Gasteiger partial charge on any atom is -0.351 e. The van der Waals surface area contributed by atoms with E-state index >= 15 is 0 Å². The van der Waals surface area contributed by atoms with Crippen molar-refractivity contribution < 1.29 is 32.3 Å². The molecule has 0 bridgehead atoms. The fraction of sp³-hybridized carbons (Fsp3) is 0.800. The lowest BCUT2D eigenvalue weighted by Crippen LogP contribution is -2.55. The Morgan fingerprint density at radius 2 is 1.76 bits per heavy atom. The number of carbonyl (C=O) groups excluding carboxylic acids is 4. The van der Waals surface area contributed by atoms with Gasteiger partial charge in [-0.2, -0.15) is 18.4 Å². The Morgan fingerprint density at radius 1 is 1.19 bits per heavy atom. The molecule has 2 aliphatic carbocycles. The van der Waals surface area contributed by atoms with Crippen LogP contribution in [-0.4, -0.2) is 65.9 Å². The van der Waals surface area contributed by atoms with Crippen molar-refractivity contribution in [3.8, 4) is 6.07 Å². The predicted octanol–water partition coefficient (Wildman–Crippen LogP) is 1.88. The first-order valence-electron chi connectivity index (χ1n) is 12.5. The molecule has 2 saturated heterocycles. The Hall–Kier alpha value is -2.84. The summed E-state index contributed by atoms with van der Waals surface area (Å²) in [5, 5.41) is 15.9. The van der Waals surface area contributed by atoms with E-state index in [2.05, 4.69) is 24.5 Å². The third-order valence-corrected chi connectivity index (χ3v) is 8.48. The van der Waals surface area contributed by atoms with Gasteiger partial charge in [0.1, 0.15) is 12.1 Å². The number of rotatable bonds is 7. The molecular weight excluding hydrogens is 491 g/mol. The zero-order valence-corrected chi connectivity index (χ0v) is 21.9. The monoisotopic (exact) mass is 527 g/mol. The fourth-order valence-electron chi connectivity index (χ4n) is 5.64. The van der Waals surface area contributed by atoms with Crippen LogP contribution in [0, 0.1) is 39.9 Å². The molecular formula is C25H36F3N5O4. The summed E-state index contributed by atoms with van der Waals surface area (Å²) < 4.78 is 37.5. The van der Waals surface area contributed by atoms with Crippen molar-refractivity contribution in [1.82, 2.24) is 20.9 Å². The molecule has 0 aromatic heterocycles. The van der Waals surface area contributed by atoms with Crippen molar-refractivity contribution in [3.05, 3.63) is 0 Å². The zero-order valence-electron chi connectivity index (χ0n) is 21.9. The summed E-state index contributed by atoms with van der Waals surface area (Å²) in [6.45, 7) is 11.1. The van der Waals surface area contributed by atoms with Crippen molar-refractivity contribution in [3.63, 3.8) is 0 Å². The minimum atomic E-state index is -4.96. The van der Waals surface area contributed by atoms with Gasteiger partial charge < -0.3 is 20.9 Å². The van der Waals surface area contributed by atoms with Crippen molar-refractivity contribution in [2.75, 3.05) is 13.1 Å². The highest BCUT2D eigenvalue weighted by atomic mass is 19.4. The second kappa shape index (κ2) is 9.80. The van der Waals surface area contributed by atoms with E-state index in [4.69, 9.17) is 5.26 Å². The van der Waals surface area contributed by atoms with Crippen LogP contribution in [0.25, 0.3) is 0 Å². The van der Waals surface area contributed by atoms with E-state index in [1.165, 1.54) is 0 Å². The van der Waals surface area contributed by atoms with Gasteiger partial charge in [0.2, 0.25) is 18.2 Å². The molecule has 0 spiro atoms. The number of nitriles is 1. The molecule has 206 valence electrons. The van der Waals surface area contributed by atoms with Gasteiger partial charge in [0.05, 0.1) is 6.07 Å². The number of hydrogen-bond acceptors (Lipinski definition) is 5. The van der Waals surface area contributed by atoms with E-state index in [1.54, 1.807) is 11.8 Å². The second-order valence-corrected chi connectivity index (χ2v) is 12.3. The maximum Gasteiger partial charge on any atom is 0.471 e. The number of nitrogens with one attached hydrogen (secondary N) is 3. The van der Waals surface area contributed by atoms with Gasteiger partial charge in [0.15, 0.2) is 0 Å². The van der Waals surface area contributed by atoms with E-state index in [9.17, 15) is 32.3 Å². The molecule has 5 unspecified atom stereocenters. The number of halogens is 3.